The summed E-state index contributed by atoms with van der Waals surface area (Å²) in [5, 5.41) is 4.42. The molecule has 0 spiro atoms. The third-order valence-corrected chi connectivity index (χ3v) is 3.27. The fraction of sp³-hybridized carbons (Fsp3) is 0.667. The van der Waals surface area contributed by atoms with Gasteiger partial charge < -0.3 is 5.73 Å². The van der Waals surface area contributed by atoms with Crippen LogP contribution in [0.3, 0.4) is 0 Å². The minimum atomic E-state index is 0.422. The van der Waals surface area contributed by atoms with Crippen molar-refractivity contribution in [1.29, 1.82) is 0 Å². The van der Waals surface area contributed by atoms with E-state index in [-0.39, 0.29) is 0 Å². The van der Waals surface area contributed by atoms with Gasteiger partial charge in [0, 0.05) is 12.2 Å². The molecule has 0 amide bonds. The molecule has 1 saturated carbocycles. The van der Waals surface area contributed by atoms with Crippen LogP contribution in [-0.2, 0) is 0 Å². The van der Waals surface area contributed by atoms with E-state index in [2.05, 4.69) is 44.6 Å². The molecule has 13 heavy (non-hydrogen) atoms. The van der Waals surface area contributed by atoms with Crippen LogP contribution in [0.5, 0.6) is 0 Å². The Morgan fingerprint density at radius 3 is 2.62 bits per heavy atom. The third-order valence-electron chi connectivity index (χ3n) is 2.69. The zero-order chi connectivity index (χ0) is 9.26. The fourth-order valence-corrected chi connectivity index (χ4v) is 2.29. The first-order valence-corrected chi connectivity index (χ1v) is 5.80. The summed E-state index contributed by atoms with van der Waals surface area (Å²) in [6.45, 7) is 0. The molecule has 1 heterocycles. The highest BCUT2D eigenvalue weighted by atomic mass is 127. The maximum absolute atomic E-state index is 5.85. The summed E-state index contributed by atoms with van der Waals surface area (Å²) in [5.41, 5.74) is 5.85. The molecule has 1 aromatic rings. The first-order valence-electron chi connectivity index (χ1n) is 4.72. The number of nitrogens with zero attached hydrogens (tertiary/aromatic N) is 2. The number of rotatable bonds is 1. The zero-order valence-corrected chi connectivity index (χ0v) is 9.65. The molecule has 0 aliphatic heterocycles. The van der Waals surface area contributed by atoms with Crippen molar-refractivity contribution in [2.45, 2.75) is 37.8 Å². The average Bonchev–Trinajstić information content (AvgIpc) is 2.53. The van der Waals surface area contributed by atoms with Crippen LogP contribution in [0.2, 0.25) is 0 Å². The number of hydrogen-bond donors (Lipinski definition) is 1. The lowest BCUT2D eigenvalue weighted by molar-refractivity contribution is 0.303. The first kappa shape index (κ1) is 9.45. The monoisotopic (exact) mass is 291 g/mol. The van der Waals surface area contributed by atoms with E-state index in [0.717, 1.165) is 16.5 Å². The van der Waals surface area contributed by atoms with Gasteiger partial charge in [-0.3, -0.25) is 4.68 Å². The average molecular weight is 291 g/mol. The van der Waals surface area contributed by atoms with E-state index < -0.39 is 0 Å². The van der Waals surface area contributed by atoms with Crippen molar-refractivity contribution in [3.8, 4) is 0 Å². The summed E-state index contributed by atoms with van der Waals surface area (Å²) >= 11 is 2.24. The van der Waals surface area contributed by atoms with Gasteiger partial charge in [0.1, 0.15) is 3.70 Å². The molecule has 1 aliphatic rings. The molecular weight excluding hydrogens is 277 g/mol. The maximum atomic E-state index is 5.85. The van der Waals surface area contributed by atoms with Gasteiger partial charge in [-0.1, -0.05) is 0 Å². The Morgan fingerprint density at radius 1 is 1.38 bits per heavy atom. The van der Waals surface area contributed by atoms with Crippen molar-refractivity contribution < 1.29 is 0 Å². The van der Waals surface area contributed by atoms with Crippen molar-refractivity contribution in [3.05, 3.63) is 16.0 Å². The number of nitrogens with two attached hydrogens (primary N) is 1. The standard InChI is InChI=1S/C9H14IN3/c10-9-5-6-13(12-9)8-3-1-7(11)2-4-8/h5-8H,1-4,11H2/t7-,8+. The van der Waals surface area contributed by atoms with Crippen molar-refractivity contribution in [3.63, 3.8) is 0 Å². The SMILES string of the molecule is N[C@H]1CC[C@@H](n2ccc(I)n2)CC1. The largest absolute Gasteiger partial charge is 0.328 e. The van der Waals surface area contributed by atoms with Gasteiger partial charge in [0.25, 0.3) is 0 Å². The highest BCUT2D eigenvalue weighted by Crippen LogP contribution is 2.26. The van der Waals surface area contributed by atoms with E-state index in [1.165, 1.54) is 12.8 Å². The minimum Gasteiger partial charge on any atom is -0.328 e. The van der Waals surface area contributed by atoms with Crippen molar-refractivity contribution in [2.75, 3.05) is 0 Å². The van der Waals surface area contributed by atoms with Crippen LogP contribution in [-0.4, -0.2) is 15.8 Å². The lowest BCUT2D eigenvalue weighted by Crippen LogP contribution is -2.28. The van der Waals surface area contributed by atoms with E-state index in [9.17, 15) is 0 Å². The lowest BCUT2D eigenvalue weighted by atomic mass is 9.92. The van der Waals surface area contributed by atoms with Crippen LogP contribution < -0.4 is 5.73 Å². The second kappa shape index (κ2) is 3.96. The molecule has 4 heteroatoms. The Hall–Kier alpha value is -0.100. The van der Waals surface area contributed by atoms with Crippen molar-refractivity contribution in [2.24, 2.45) is 5.73 Å². The molecule has 3 nitrogen and oxygen atoms in total. The lowest BCUT2D eigenvalue weighted by Gasteiger charge is -2.26. The molecule has 1 aliphatic carbocycles. The fourth-order valence-electron chi connectivity index (χ4n) is 1.88. The third kappa shape index (κ3) is 2.22. The summed E-state index contributed by atoms with van der Waals surface area (Å²) in [7, 11) is 0. The quantitative estimate of drug-likeness (QED) is 0.803. The Kier molecular flexibility index (Phi) is 2.88. The van der Waals surface area contributed by atoms with Gasteiger partial charge in [-0.15, -0.1) is 0 Å². The topological polar surface area (TPSA) is 43.8 Å². The first-order chi connectivity index (χ1) is 6.25. The Balaban J connectivity index is 2.02. The second-order valence-corrected chi connectivity index (χ2v) is 4.79. The molecule has 0 bridgehead atoms. The van der Waals surface area contributed by atoms with Crippen molar-refractivity contribution in [1.82, 2.24) is 9.78 Å². The van der Waals surface area contributed by atoms with Crippen LogP contribution in [0.15, 0.2) is 12.3 Å². The van der Waals surface area contributed by atoms with E-state index in [1.807, 2.05) is 0 Å². The van der Waals surface area contributed by atoms with E-state index in [0.29, 0.717) is 12.1 Å². The molecule has 0 atom stereocenters. The van der Waals surface area contributed by atoms with Gasteiger partial charge >= 0.3 is 0 Å². The molecule has 2 N–H and O–H groups in total. The Bertz CT molecular complexity index is 276. The predicted molar refractivity (Wildman–Crippen MR) is 60.4 cm³/mol. The summed E-state index contributed by atoms with van der Waals surface area (Å²) in [6, 6.07) is 3.06. The predicted octanol–water partition coefficient (Wildman–Crippen LogP) is 1.93. The normalized spacial score (nSPS) is 29.1. The number of hydrogen-bond acceptors (Lipinski definition) is 2. The van der Waals surface area contributed by atoms with Gasteiger partial charge in [0.2, 0.25) is 0 Å². The maximum Gasteiger partial charge on any atom is 0.123 e. The van der Waals surface area contributed by atoms with Gasteiger partial charge in [0.15, 0.2) is 0 Å². The van der Waals surface area contributed by atoms with Crippen LogP contribution in [0.1, 0.15) is 31.7 Å². The van der Waals surface area contributed by atoms with E-state index in [4.69, 9.17) is 5.73 Å². The van der Waals surface area contributed by atoms with Crippen LogP contribution in [0, 0.1) is 3.70 Å². The summed E-state index contributed by atoms with van der Waals surface area (Å²) < 4.78 is 3.17. The molecule has 2 rings (SSSR count). The molecule has 1 fully saturated rings. The highest BCUT2D eigenvalue weighted by Gasteiger charge is 2.19. The van der Waals surface area contributed by atoms with Crippen LogP contribution >= 0.6 is 22.6 Å². The number of aromatic nitrogens is 2. The summed E-state index contributed by atoms with van der Waals surface area (Å²) in [6.07, 6.45) is 6.71. The molecule has 1 aromatic heterocycles. The minimum absolute atomic E-state index is 0.422. The smallest absolute Gasteiger partial charge is 0.123 e. The molecule has 72 valence electrons. The van der Waals surface area contributed by atoms with Gasteiger partial charge in [-0.2, -0.15) is 5.10 Å². The number of halogens is 1. The van der Waals surface area contributed by atoms with Crippen LogP contribution in [0.4, 0.5) is 0 Å². The Labute approximate surface area is 91.8 Å². The molecule has 0 aromatic carbocycles. The Morgan fingerprint density at radius 2 is 2.08 bits per heavy atom. The van der Waals surface area contributed by atoms with E-state index >= 15 is 0 Å². The molecule has 0 radical (unpaired) electrons. The summed E-state index contributed by atoms with van der Waals surface area (Å²) in [4.78, 5) is 0. The van der Waals surface area contributed by atoms with E-state index in [1.54, 1.807) is 0 Å². The van der Waals surface area contributed by atoms with Crippen molar-refractivity contribution >= 4 is 22.6 Å². The highest BCUT2D eigenvalue weighted by molar-refractivity contribution is 14.1. The van der Waals surface area contributed by atoms with Gasteiger partial charge in [-0.05, 0) is 54.3 Å². The zero-order valence-electron chi connectivity index (χ0n) is 7.49. The summed E-state index contributed by atoms with van der Waals surface area (Å²) in [5.74, 6) is 0. The molecule has 0 unspecified atom stereocenters. The molecule has 0 saturated heterocycles. The molecular formula is C9H14IN3. The van der Waals surface area contributed by atoms with Gasteiger partial charge in [0.05, 0.1) is 6.04 Å². The van der Waals surface area contributed by atoms with Crippen LogP contribution in [0.25, 0.3) is 0 Å². The van der Waals surface area contributed by atoms with Gasteiger partial charge in [-0.25, -0.2) is 0 Å². The second-order valence-electron chi connectivity index (χ2n) is 3.69.